The lowest BCUT2D eigenvalue weighted by Crippen LogP contribution is -2.53. The number of carbonyl (C=O) groups excluding carboxylic acids is 1. The van der Waals surface area contributed by atoms with E-state index in [0.717, 1.165) is 0 Å². The van der Waals surface area contributed by atoms with Crippen LogP contribution in [0.3, 0.4) is 0 Å². The molecule has 5 nitrogen and oxygen atoms in total. The minimum Gasteiger partial charge on any atom is -0.480 e. The average molecular weight is 288 g/mol. The van der Waals surface area contributed by atoms with Crippen LogP contribution in [0.25, 0.3) is 0 Å². The van der Waals surface area contributed by atoms with Crippen molar-refractivity contribution < 1.29 is 14.3 Å². The SMILES string of the molecule is CC1CN(C(=O)C(C)Oc2ccccc2C#N)C(C)CO1. The van der Waals surface area contributed by atoms with Gasteiger partial charge < -0.3 is 14.4 Å². The van der Waals surface area contributed by atoms with Gasteiger partial charge in [0.05, 0.1) is 24.3 Å². The number of hydrogen-bond donors (Lipinski definition) is 0. The third-order valence-corrected chi connectivity index (χ3v) is 3.55. The van der Waals surface area contributed by atoms with Crippen molar-refractivity contribution in [3.63, 3.8) is 0 Å². The van der Waals surface area contributed by atoms with E-state index in [9.17, 15) is 4.79 Å². The van der Waals surface area contributed by atoms with Gasteiger partial charge in [0, 0.05) is 6.54 Å². The standard InChI is InChI=1S/C16H20N2O3/c1-11-10-20-12(2)9-18(11)16(19)13(3)21-15-7-5-4-6-14(15)8-17/h4-7,11-13H,9-10H2,1-3H3. The Morgan fingerprint density at radius 3 is 2.90 bits per heavy atom. The molecule has 1 aliphatic rings. The molecule has 2 rings (SSSR count). The van der Waals surface area contributed by atoms with E-state index < -0.39 is 6.10 Å². The van der Waals surface area contributed by atoms with Crippen LogP contribution in [-0.2, 0) is 9.53 Å². The zero-order valence-electron chi connectivity index (χ0n) is 12.6. The second-order valence-corrected chi connectivity index (χ2v) is 5.35. The average Bonchev–Trinajstić information content (AvgIpc) is 2.49. The normalized spacial score (nSPS) is 23.2. The largest absolute Gasteiger partial charge is 0.480 e. The fraction of sp³-hybridized carbons (Fsp3) is 0.500. The first-order valence-corrected chi connectivity index (χ1v) is 7.10. The van der Waals surface area contributed by atoms with E-state index in [1.165, 1.54) is 0 Å². The first-order valence-electron chi connectivity index (χ1n) is 7.10. The Morgan fingerprint density at radius 1 is 1.48 bits per heavy atom. The number of morpholine rings is 1. The summed E-state index contributed by atoms with van der Waals surface area (Å²) < 4.78 is 11.2. The van der Waals surface area contributed by atoms with Crippen molar-refractivity contribution in [1.82, 2.24) is 4.90 Å². The molecule has 0 aliphatic carbocycles. The zero-order chi connectivity index (χ0) is 15.4. The number of hydrogen-bond acceptors (Lipinski definition) is 4. The van der Waals surface area contributed by atoms with Crippen molar-refractivity contribution in [2.45, 2.75) is 39.0 Å². The van der Waals surface area contributed by atoms with Gasteiger partial charge in [-0.15, -0.1) is 0 Å². The lowest BCUT2D eigenvalue weighted by Gasteiger charge is -2.38. The number of benzene rings is 1. The van der Waals surface area contributed by atoms with Crippen LogP contribution in [0.1, 0.15) is 26.3 Å². The van der Waals surface area contributed by atoms with Gasteiger partial charge in [-0.1, -0.05) is 12.1 Å². The maximum absolute atomic E-state index is 12.5. The molecule has 21 heavy (non-hydrogen) atoms. The van der Waals surface area contributed by atoms with Crippen LogP contribution in [0.15, 0.2) is 24.3 Å². The summed E-state index contributed by atoms with van der Waals surface area (Å²) in [5.41, 5.74) is 0.431. The summed E-state index contributed by atoms with van der Waals surface area (Å²) in [5, 5.41) is 9.05. The second-order valence-electron chi connectivity index (χ2n) is 5.35. The van der Waals surface area contributed by atoms with E-state index in [1.54, 1.807) is 36.1 Å². The Labute approximate surface area is 125 Å². The molecular formula is C16H20N2O3. The van der Waals surface area contributed by atoms with Crippen molar-refractivity contribution in [2.24, 2.45) is 0 Å². The summed E-state index contributed by atoms with van der Waals surface area (Å²) in [6, 6.07) is 9.03. The van der Waals surface area contributed by atoms with Crippen LogP contribution in [-0.4, -0.2) is 42.2 Å². The van der Waals surface area contributed by atoms with Crippen LogP contribution in [0, 0.1) is 11.3 Å². The molecule has 1 heterocycles. The monoisotopic (exact) mass is 288 g/mol. The molecule has 3 unspecified atom stereocenters. The van der Waals surface area contributed by atoms with Crippen molar-refractivity contribution in [1.29, 1.82) is 5.26 Å². The molecule has 3 atom stereocenters. The first-order chi connectivity index (χ1) is 10.0. The van der Waals surface area contributed by atoms with Crippen LogP contribution in [0.4, 0.5) is 0 Å². The van der Waals surface area contributed by atoms with Crippen molar-refractivity contribution in [2.75, 3.05) is 13.2 Å². The number of para-hydroxylation sites is 1. The summed E-state index contributed by atoms with van der Waals surface area (Å²) in [6.45, 7) is 6.72. The fourth-order valence-corrected chi connectivity index (χ4v) is 2.35. The highest BCUT2D eigenvalue weighted by Crippen LogP contribution is 2.20. The van der Waals surface area contributed by atoms with Gasteiger partial charge in [-0.3, -0.25) is 4.79 Å². The van der Waals surface area contributed by atoms with E-state index >= 15 is 0 Å². The number of nitrogens with zero attached hydrogens (tertiary/aromatic N) is 2. The van der Waals surface area contributed by atoms with Crippen LogP contribution < -0.4 is 4.74 Å². The molecule has 0 N–H and O–H groups in total. The molecule has 112 valence electrons. The first kappa shape index (κ1) is 15.3. The lowest BCUT2D eigenvalue weighted by molar-refractivity contribution is -0.149. The summed E-state index contributed by atoms with van der Waals surface area (Å²) >= 11 is 0. The number of nitriles is 1. The highest BCUT2D eigenvalue weighted by Gasteiger charge is 2.31. The van der Waals surface area contributed by atoms with Gasteiger partial charge in [0.15, 0.2) is 6.10 Å². The van der Waals surface area contributed by atoms with Gasteiger partial charge >= 0.3 is 0 Å². The smallest absolute Gasteiger partial charge is 0.263 e. The van der Waals surface area contributed by atoms with Crippen LogP contribution in [0.5, 0.6) is 5.75 Å². The molecule has 1 fully saturated rings. The third kappa shape index (κ3) is 3.53. The minimum absolute atomic E-state index is 0.0312. The Kier molecular flexibility index (Phi) is 4.81. The van der Waals surface area contributed by atoms with Gasteiger partial charge in [-0.05, 0) is 32.9 Å². The molecule has 1 aromatic rings. The molecular weight excluding hydrogens is 268 g/mol. The van der Waals surface area contributed by atoms with Gasteiger partial charge in [0.25, 0.3) is 5.91 Å². The predicted octanol–water partition coefficient (Wildman–Crippen LogP) is 1.96. The van der Waals surface area contributed by atoms with E-state index in [-0.39, 0.29) is 18.1 Å². The van der Waals surface area contributed by atoms with Crippen LogP contribution >= 0.6 is 0 Å². The fourth-order valence-electron chi connectivity index (χ4n) is 2.35. The van der Waals surface area contributed by atoms with Gasteiger partial charge in [-0.25, -0.2) is 0 Å². The summed E-state index contributed by atoms with van der Waals surface area (Å²) in [6.07, 6.45) is -0.601. The van der Waals surface area contributed by atoms with E-state index in [1.807, 2.05) is 13.8 Å². The Morgan fingerprint density at radius 2 is 2.19 bits per heavy atom. The molecule has 1 aromatic carbocycles. The Hall–Kier alpha value is -2.06. The molecule has 1 amide bonds. The quantitative estimate of drug-likeness (QED) is 0.853. The minimum atomic E-state index is -0.632. The summed E-state index contributed by atoms with van der Waals surface area (Å²) in [7, 11) is 0. The third-order valence-electron chi connectivity index (χ3n) is 3.55. The highest BCUT2D eigenvalue weighted by molar-refractivity contribution is 5.81. The Balaban J connectivity index is 2.07. The van der Waals surface area contributed by atoms with E-state index in [2.05, 4.69) is 6.07 Å². The topological polar surface area (TPSA) is 62.6 Å². The van der Waals surface area contributed by atoms with Crippen LogP contribution in [0.2, 0.25) is 0 Å². The molecule has 0 bridgehead atoms. The van der Waals surface area contributed by atoms with Crippen molar-refractivity contribution in [3.8, 4) is 11.8 Å². The second kappa shape index (κ2) is 6.59. The number of ether oxygens (including phenoxy) is 2. The molecule has 0 radical (unpaired) electrons. The lowest BCUT2D eigenvalue weighted by atomic mass is 10.1. The van der Waals surface area contributed by atoms with Crippen molar-refractivity contribution >= 4 is 5.91 Å². The maximum atomic E-state index is 12.5. The molecule has 0 spiro atoms. The van der Waals surface area contributed by atoms with E-state index in [4.69, 9.17) is 14.7 Å². The number of rotatable bonds is 3. The molecule has 5 heteroatoms. The number of amides is 1. The van der Waals surface area contributed by atoms with Gasteiger partial charge in [-0.2, -0.15) is 5.26 Å². The molecule has 0 aromatic heterocycles. The van der Waals surface area contributed by atoms with Gasteiger partial charge in [0.2, 0.25) is 0 Å². The Bertz CT molecular complexity index is 553. The molecule has 1 saturated heterocycles. The van der Waals surface area contributed by atoms with Gasteiger partial charge in [0.1, 0.15) is 11.8 Å². The zero-order valence-corrected chi connectivity index (χ0v) is 12.6. The molecule has 1 aliphatic heterocycles. The number of carbonyl (C=O) groups is 1. The summed E-state index contributed by atoms with van der Waals surface area (Å²) in [5.74, 6) is 0.361. The highest BCUT2D eigenvalue weighted by atomic mass is 16.5. The summed E-state index contributed by atoms with van der Waals surface area (Å²) in [4.78, 5) is 14.3. The van der Waals surface area contributed by atoms with E-state index in [0.29, 0.717) is 24.5 Å². The predicted molar refractivity (Wildman–Crippen MR) is 77.8 cm³/mol. The maximum Gasteiger partial charge on any atom is 0.263 e. The molecule has 0 saturated carbocycles. The van der Waals surface area contributed by atoms with Crippen molar-refractivity contribution in [3.05, 3.63) is 29.8 Å².